The van der Waals surface area contributed by atoms with Crippen molar-refractivity contribution in [1.29, 1.82) is 0 Å². The fourth-order valence-electron chi connectivity index (χ4n) is 4.98. The molecule has 0 N–H and O–H groups in total. The van der Waals surface area contributed by atoms with E-state index in [-0.39, 0.29) is 16.7 Å². The molecule has 1 fully saturated rings. The maximum absolute atomic E-state index is 13.5. The predicted octanol–water partition coefficient (Wildman–Crippen LogP) is 4.27. The number of carbonyl (C=O) groups excluding carboxylic acids is 1. The molecule has 5 heterocycles. The summed E-state index contributed by atoms with van der Waals surface area (Å²) in [5.41, 5.74) is 2.78. The van der Waals surface area contributed by atoms with Gasteiger partial charge in [0.2, 0.25) is 0 Å². The molecule has 1 saturated heterocycles. The van der Waals surface area contributed by atoms with Crippen LogP contribution in [0.3, 0.4) is 0 Å². The van der Waals surface area contributed by atoms with Crippen LogP contribution in [0.1, 0.15) is 35.0 Å². The summed E-state index contributed by atoms with van der Waals surface area (Å²) in [4.78, 5) is 23.1. The van der Waals surface area contributed by atoms with E-state index in [9.17, 15) is 13.2 Å². The van der Waals surface area contributed by atoms with Gasteiger partial charge in [0.25, 0.3) is 10.0 Å². The number of nitrogens with zero attached hydrogens (tertiary/aromatic N) is 5. The smallest absolute Gasteiger partial charge is 0.269 e. The normalized spacial score (nSPS) is 15.7. The third-order valence-corrected chi connectivity index (χ3v) is 8.60. The molecule has 10 heteroatoms. The molecule has 6 rings (SSSR count). The molecule has 0 unspecified atom stereocenters. The molecule has 0 spiro atoms. The maximum Gasteiger partial charge on any atom is 0.269 e. The number of pyridine rings is 1. The third-order valence-electron chi connectivity index (χ3n) is 6.92. The molecular weight excluding hydrogens is 478 g/mol. The van der Waals surface area contributed by atoms with Gasteiger partial charge in [-0.15, -0.1) is 0 Å². The average molecular weight is 504 g/mol. The molecule has 1 aliphatic rings. The van der Waals surface area contributed by atoms with E-state index in [1.807, 2.05) is 6.92 Å². The van der Waals surface area contributed by atoms with E-state index in [4.69, 9.17) is 9.40 Å². The highest BCUT2D eigenvalue weighted by atomic mass is 32.2. The first-order valence-corrected chi connectivity index (χ1v) is 13.2. The number of aldehydes is 1. The maximum atomic E-state index is 13.5. The molecule has 5 aromatic rings. The number of aryl methyl sites for hydroxylation is 1. The molecule has 1 aromatic carbocycles. The number of hydrogen-bond donors (Lipinski definition) is 0. The minimum atomic E-state index is -3.84. The first-order chi connectivity index (χ1) is 17.4. The lowest BCUT2D eigenvalue weighted by atomic mass is 10.0. The molecular formula is C26H25N5O4S. The van der Waals surface area contributed by atoms with E-state index in [0.29, 0.717) is 34.4 Å². The number of fused-ring (bicyclic) bond motifs is 3. The van der Waals surface area contributed by atoms with Crippen LogP contribution in [0.4, 0.5) is 0 Å². The number of imidazole rings is 1. The lowest BCUT2D eigenvalue weighted by molar-refractivity contribution is 0.110. The first-order valence-electron chi connectivity index (χ1n) is 11.8. The largest absolute Gasteiger partial charge is 0.450 e. The van der Waals surface area contributed by atoms with E-state index >= 15 is 0 Å². The van der Waals surface area contributed by atoms with Crippen molar-refractivity contribution in [3.05, 3.63) is 66.2 Å². The zero-order valence-electron chi connectivity index (χ0n) is 20.0. The van der Waals surface area contributed by atoms with E-state index in [0.717, 1.165) is 37.0 Å². The van der Waals surface area contributed by atoms with Gasteiger partial charge >= 0.3 is 0 Å². The second-order valence-electron chi connectivity index (χ2n) is 9.32. The number of furan rings is 1. The van der Waals surface area contributed by atoms with Gasteiger partial charge in [-0.2, -0.15) is 0 Å². The van der Waals surface area contributed by atoms with Gasteiger partial charge in [0.15, 0.2) is 29.3 Å². The van der Waals surface area contributed by atoms with Crippen molar-refractivity contribution in [1.82, 2.24) is 23.4 Å². The second-order valence-corrected chi connectivity index (χ2v) is 11.1. The Hall–Kier alpha value is -3.76. The molecule has 0 bridgehead atoms. The van der Waals surface area contributed by atoms with Crippen molar-refractivity contribution in [2.75, 3.05) is 20.1 Å². The monoisotopic (exact) mass is 503 g/mol. The van der Waals surface area contributed by atoms with Crippen LogP contribution in [0.25, 0.3) is 33.7 Å². The molecule has 0 saturated carbocycles. The highest BCUT2D eigenvalue weighted by Gasteiger charge is 2.28. The Morgan fingerprint density at radius 1 is 1.06 bits per heavy atom. The van der Waals surface area contributed by atoms with Gasteiger partial charge in [-0.1, -0.05) is 17.7 Å². The lowest BCUT2D eigenvalue weighted by Crippen LogP contribution is -2.31. The second kappa shape index (κ2) is 8.42. The van der Waals surface area contributed by atoms with Crippen LogP contribution < -0.4 is 0 Å². The van der Waals surface area contributed by atoms with Crippen molar-refractivity contribution in [2.24, 2.45) is 0 Å². The first kappa shape index (κ1) is 22.7. The Bertz CT molecular complexity index is 1700. The van der Waals surface area contributed by atoms with Crippen molar-refractivity contribution in [2.45, 2.75) is 30.7 Å². The Morgan fingerprint density at radius 2 is 1.81 bits per heavy atom. The summed E-state index contributed by atoms with van der Waals surface area (Å²) >= 11 is 0. The lowest BCUT2D eigenvalue weighted by Gasteiger charge is -2.31. The SMILES string of the molecule is Cc1ccc(S(=O)(=O)n2ccc3c2ncc2nc(-c4ccc(C=O)o4)n(C4CCN(C)CC4)c23)cc1. The van der Waals surface area contributed by atoms with Crippen molar-refractivity contribution in [3.63, 3.8) is 0 Å². The summed E-state index contributed by atoms with van der Waals surface area (Å²) in [5.74, 6) is 1.33. The van der Waals surface area contributed by atoms with Crippen LogP contribution in [-0.4, -0.2) is 58.2 Å². The summed E-state index contributed by atoms with van der Waals surface area (Å²) in [6.07, 6.45) is 5.64. The fraction of sp³-hybridized carbons (Fsp3) is 0.269. The average Bonchev–Trinajstić information content (AvgIpc) is 3.60. The quantitative estimate of drug-likeness (QED) is 0.330. The highest BCUT2D eigenvalue weighted by molar-refractivity contribution is 7.90. The summed E-state index contributed by atoms with van der Waals surface area (Å²) in [5, 5.41) is 0.697. The van der Waals surface area contributed by atoms with Crippen LogP contribution in [0.2, 0.25) is 0 Å². The molecule has 184 valence electrons. The van der Waals surface area contributed by atoms with Gasteiger partial charge in [0.1, 0.15) is 5.52 Å². The number of aromatic nitrogens is 4. The molecule has 0 amide bonds. The molecule has 36 heavy (non-hydrogen) atoms. The number of rotatable bonds is 5. The molecule has 0 aliphatic carbocycles. The summed E-state index contributed by atoms with van der Waals surface area (Å²) in [7, 11) is -1.74. The fourth-order valence-corrected chi connectivity index (χ4v) is 6.29. The van der Waals surface area contributed by atoms with E-state index in [1.54, 1.807) is 54.9 Å². The van der Waals surface area contributed by atoms with Crippen molar-refractivity contribution in [3.8, 4) is 11.6 Å². The summed E-state index contributed by atoms with van der Waals surface area (Å²) in [6.45, 7) is 3.77. The van der Waals surface area contributed by atoms with Crippen LogP contribution in [0.15, 0.2) is 64.2 Å². The van der Waals surface area contributed by atoms with Crippen molar-refractivity contribution >= 4 is 38.4 Å². The Balaban J connectivity index is 1.58. The minimum Gasteiger partial charge on any atom is -0.450 e. The Labute approximate surface area is 208 Å². The molecule has 4 aromatic heterocycles. The van der Waals surface area contributed by atoms with Crippen LogP contribution in [-0.2, 0) is 10.0 Å². The number of hydrogen-bond acceptors (Lipinski definition) is 7. The van der Waals surface area contributed by atoms with Gasteiger partial charge in [-0.3, -0.25) is 4.79 Å². The van der Waals surface area contributed by atoms with Crippen LogP contribution in [0, 0.1) is 6.92 Å². The predicted molar refractivity (Wildman–Crippen MR) is 136 cm³/mol. The summed E-state index contributed by atoms with van der Waals surface area (Å²) < 4.78 is 36.1. The number of carbonyl (C=O) groups is 1. The molecule has 0 atom stereocenters. The molecule has 9 nitrogen and oxygen atoms in total. The Morgan fingerprint density at radius 3 is 2.50 bits per heavy atom. The van der Waals surface area contributed by atoms with Crippen molar-refractivity contribution < 1.29 is 17.6 Å². The zero-order valence-corrected chi connectivity index (χ0v) is 20.8. The number of likely N-dealkylation sites (tertiary alicyclic amines) is 1. The van der Waals surface area contributed by atoms with Gasteiger partial charge in [-0.25, -0.2) is 22.4 Å². The van der Waals surface area contributed by atoms with Gasteiger partial charge in [-0.05, 0) is 70.2 Å². The number of piperidine rings is 1. The molecule has 0 radical (unpaired) electrons. The van der Waals surface area contributed by atoms with Gasteiger partial charge < -0.3 is 13.9 Å². The van der Waals surface area contributed by atoms with E-state index in [2.05, 4.69) is 21.5 Å². The highest BCUT2D eigenvalue weighted by Crippen LogP contribution is 2.37. The third kappa shape index (κ3) is 3.56. The molecule has 1 aliphatic heterocycles. The summed E-state index contributed by atoms with van der Waals surface area (Å²) in [6, 6.07) is 12.1. The van der Waals surface area contributed by atoms with Crippen LogP contribution >= 0.6 is 0 Å². The zero-order chi connectivity index (χ0) is 25.0. The van der Waals surface area contributed by atoms with Gasteiger partial charge in [0, 0.05) is 17.6 Å². The Kier molecular flexibility index (Phi) is 5.31. The van der Waals surface area contributed by atoms with Crippen LogP contribution in [0.5, 0.6) is 0 Å². The van der Waals surface area contributed by atoms with E-state index in [1.165, 1.54) is 3.97 Å². The topological polar surface area (TPSA) is 103 Å². The standard InChI is InChI=1S/C26H25N5O4S/c1-17-3-6-20(7-4-17)36(33,34)30-14-11-21-24-22(15-27-25(21)30)28-26(23-8-5-19(16-32)35-23)31(24)18-9-12-29(2)13-10-18/h3-8,11,14-16,18H,9-10,12-13H2,1-2H3. The number of benzene rings is 1. The van der Waals surface area contributed by atoms with E-state index < -0.39 is 10.0 Å². The minimum absolute atomic E-state index is 0.133. The van der Waals surface area contributed by atoms with Gasteiger partial charge in [0.05, 0.1) is 16.6 Å².